The number of rotatable bonds is 10. The minimum atomic E-state index is -0.560. The molecule has 0 radical (unpaired) electrons. The van der Waals surface area contributed by atoms with Crippen LogP contribution in [0.15, 0.2) is 0 Å². The van der Waals surface area contributed by atoms with Crippen molar-refractivity contribution in [2.24, 2.45) is 56.7 Å². The lowest BCUT2D eigenvalue weighted by Gasteiger charge is -2.62. The van der Waals surface area contributed by atoms with Crippen molar-refractivity contribution < 1.29 is 28.9 Å². The van der Waals surface area contributed by atoms with Gasteiger partial charge in [0.05, 0.1) is 24.9 Å². The lowest BCUT2D eigenvalue weighted by molar-refractivity contribution is -0.181. The lowest BCUT2D eigenvalue weighted by atomic mass is 9.42. The van der Waals surface area contributed by atoms with Gasteiger partial charge in [0.2, 0.25) is 0 Å². The number of hydrogen-bond acceptors (Lipinski definition) is 8. The number of fused-ring (bicyclic) bond motifs is 4. The van der Waals surface area contributed by atoms with Crippen LogP contribution < -0.4 is 0 Å². The number of aliphatic hydroxyl groups is 1. The zero-order valence-electron chi connectivity index (χ0n) is 35.8. The molecular weight excluding hydrogens is 693 g/mol. The monoisotopic (exact) mass is 769 g/mol. The number of carbonyl (C=O) groups is 2. The quantitative estimate of drug-likeness (QED) is 0.235. The molecule has 312 valence electrons. The Bertz CT molecular complexity index is 1420. The van der Waals surface area contributed by atoms with E-state index in [4.69, 9.17) is 14.2 Å². The van der Waals surface area contributed by atoms with Crippen LogP contribution in [0.25, 0.3) is 0 Å². The van der Waals surface area contributed by atoms with Crippen molar-refractivity contribution in [2.75, 3.05) is 72.1 Å². The van der Waals surface area contributed by atoms with Crippen LogP contribution in [0.1, 0.15) is 120 Å². The second-order valence-corrected chi connectivity index (χ2v) is 21.7. The summed E-state index contributed by atoms with van der Waals surface area (Å²) in [6.45, 7) is 29.0. The molecule has 4 aliphatic carbocycles. The van der Waals surface area contributed by atoms with Gasteiger partial charge < -0.3 is 34.0 Å². The van der Waals surface area contributed by atoms with Crippen LogP contribution in [0.3, 0.4) is 0 Å². The molecule has 4 saturated carbocycles. The molecule has 4 saturated heterocycles. The van der Waals surface area contributed by atoms with Gasteiger partial charge in [-0.15, -0.1) is 0 Å². The predicted octanol–water partition coefficient (Wildman–Crippen LogP) is 7.13. The van der Waals surface area contributed by atoms with E-state index in [1.807, 2.05) is 4.90 Å². The first-order valence-corrected chi connectivity index (χ1v) is 22.7. The Morgan fingerprint density at radius 1 is 0.891 bits per heavy atom. The fourth-order valence-corrected chi connectivity index (χ4v) is 14.7. The number of aliphatic hydroxyl groups excluding tert-OH is 1. The second kappa shape index (κ2) is 14.6. The van der Waals surface area contributed by atoms with E-state index >= 15 is 0 Å². The molecular formula is C45H76N4O6. The highest BCUT2D eigenvalue weighted by atomic mass is 16.6. The normalized spacial score (nSPS) is 43.3. The van der Waals surface area contributed by atoms with Gasteiger partial charge in [-0.2, -0.15) is 0 Å². The average Bonchev–Trinajstić information content (AvgIpc) is 3.72. The first-order valence-electron chi connectivity index (χ1n) is 22.7. The van der Waals surface area contributed by atoms with Crippen LogP contribution in [0, 0.1) is 56.7 Å². The predicted molar refractivity (Wildman–Crippen MR) is 213 cm³/mol. The van der Waals surface area contributed by atoms with Gasteiger partial charge in [-0.3, -0.25) is 4.90 Å². The Labute approximate surface area is 332 Å². The Morgan fingerprint density at radius 2 is 1.55 bits per heavy atom. The highest BCUT2D eigenvalue weighted by Crippen LogP contribution is 2.88. The van der Waals surface area contributed by atoms with Gasteiger partial charge >= 0.3 is 12.2 Å². The van der Waals surface area contributed by atoms with Crippen molar-refractivity contribution in [3.63, 3.8) is 0 Å². The number of nitrogens with zero attached hydrogens (tertiary/aromatic N) is 4. The minimum absolute atomic E-state index is 0.0314. The van der Waals surface area contributed by atoms with Gasteiger partial charge in [-0.25, -0.2) is 9.59 Å². The van der Waals surface area contributed by atoms with Crippen LogP contribution in [0.5, 0.6) is 0 Å². The number of carbonyl (C=O) groups excluding carboxylic acids is 2. The van der Waals surface area contributed by atoms with Crippen molar-refractivity contribution in [1.29, 1.82) is 0 Å². The number of ether oxygens (including phenoxy) is 3. The molecule has 0 aromatic heterocycles. The summed E-state index contributed by atoms with van der Waals surface area (Å²) in [7, 11) is 0. The Morgan fingerprint density at radius 3 is 2.15 bits per heavy atom. The average molecular weight is 769 g/mol. The molecule has 4 aliphatic heterocycles. The molecule has 1 spiro atoms. The van der Waals surface area contributed by atoms with E-state index in [1.165, 1.54) is 38.8 Å². The van der Waals surface area contributed by atoms with Gasteiger partial charge in [-0.05, 0) is 129 Å². The third-order valence-corrected chi connectivity index (χ3v) is 17.9. The van der Waals surface area contributed by atoms with Crippen molar-refractivity contribution in [3.8, 4) is 0 Å². The second-order valence-electron chi connectivity index (χ2n) is 21.7. The molecule has 0 aromatic rings. The summed E-state index contributed by atoms with van der Waals surface area (Å²) in [5.74, 6) is 1.80. The van der Waals surface area contributed by atoms with E-state index < -0.39 is 6.10 Å². The van der Waals surface area contributed by atoms with E-state index in [0.717, 1.165) is 90.9 Å². The zero-order valence-corrected chi connectivity index (χ0v) is 35.8. The fraction of sp³-hybridized carbons (Fsp3) is 0.956. The van der Waals surface area contributed by atoms with Crippen molar-refractivity contribution >= 4 is 12.2 Å². The number of amides is 2. The van der Waals surface area contributed by atoms with E-state index in [-0.39, 0.29) is 69.4 Å². The first kappa shape index (κ1) is 40.2. The van der Waals surface area contributed by atoms with Crippen LogP contribution in [-0.2, 0) is 14.2 Å². The molecule has 2 amide bonds. The molecule has 0 aromatic carbocycles. The zero-order chi connectivity index (χ0) is 39.1. The van der Waals surface area contributed by atoms with E-state index in [1.54, 1.807) is 4.90 Å². The summed E-state index contributed by atoms with van der Waals surface area (Å²) in [6, 6.07) is 0. The molecule has 4 heterocycles. The lowest BCUT2D eigenvalue weighted by Crippen LogP contribution is -2.58. The smallest absolute Gasteiger partial charge is 0.410 e. The standard InChI is InChI=1S/C45H76N4O6/c1-30(2)36(55-40(52)48-19-11-20-48)32-28-31(3)35-37(54-32)38(50)43(8)34-13-12-33(41(4,5)6)44(29-45(34,44)16-15-42(35,43)7)14-9-27-53-39(51)49-25-23-47(24-26-49)22-21-46-17-10-18-46/h30-38,50H,9-29H2,1-8H3. The largest absolute Gasteiger partial charge is 0.449 e. The third-order valence-electron chi connectivity index (χ3n) is 17.9. The van der Waals surface area contributed by atoms with Crippen molar-refractivity contribution in [2.45, 2.75) is 144 Å². The topological polar surface area (TPSA) is 95.0 Å². The van der Waals surface area contributed by atoms with Crippen molar-refractivity contribution in [3.05, 3.63) is 0 Å². The molecule has 55 heavy (non-hydrogen) atoms. The molecule has 10 heteroatoms. The SMILES string of the molecule is CC(C)C(OC(=O)N1CCC1)C1CC(C)C2C(O1)C(O)C1(C)C3CCC(C(C)(C)C)C4(CCCOC(=O)N5CCN(CCN6CCC6)CC5)CC34CCC21C. The van der Waals surface area contributed by atoms with Crippen molar-refractivity contribution in [1.82, 2.24) is 19.6 Å². The summed E-state index contributed by atoms with van der Waals surface area (Å²) in [5.41, 5.74) is 0.312. The number of hydrogen-bond donors (Lipinski definition) is 1. The van der Waals surface area contributed by atoms with Gasteiger partial charge in [0.1, 0.15) is 6.10 Å². The molecule has 1 N–H and O–H groups in total. The molecule has 8 rings (SSSR count). The maximum absolute atomic E-state index is 13.2. The molecule has 10 nitrogen and oxygen atoms in total. The maximum Gasteiger partial charge on any atom is 0.410 e. The fourth-order valence-electron chi connectivity index (χ4n) is 14.7. The summed E-state index contributed by atoms with van der Waals surface area (Å²) in [4.78, 5) is 35.0. The summed E-state index contributed by atoms with van der Waals surface area (Å²) >= 11 is 0. The first-order chi connectivity index (χ1) is 26.1. The van der Waals surface area contributed by atoms with Gasteiger partial charge in [-0.1, -0.05) is 55.4 Å². The maximum atomic E-state index is 13.2. The molecule has 12 atom stereocenters. The van der Waals surface area contributed by atoms with Gasteiger partial charge in [0, 0.05) is 57.8 Å². The van der Waals surface area contributed by atoms with Gasteiger partial charge in [0.15, 0.2) is 0 Å². The Balaban J connectivity index is 0.939. The Kier molecular flexibility index (Phi) is 10.7. The molecule has 12 unspecified atom stereocenters. The van der Waals surface area contributed by atoms with E-state index in [9.17, 15) is 14.7 Å². The van der Waals surface area contributed by atoms with Crippen LogP contribution in [-0.4, -0.2) is 133 Å². The summed E-state index contributed by atoms with van der Waals surface area (Å²) in [6.07, 6.45) is 9.42. The highest BCUT2D eigenvalue weighted by Gasteiger charge is 2.83. The van der Waals surface area contributed by atoms with E-state index in [2.05, 4.69) is 65.2 Å². The van der Waals surface area contributed by atoms with E-state index in [0.29, 0.717) is 24.4 Å². The molecule has 8 aliphatic rings. The minimum Gasteiger partial charge on any atom is -0.449 e. The summed E-state index contributed by atoms with van der Waals surface area (Å²) < 4.78 is 19.3. The van der Waals surface area contributed by atoms with Crippen LogP contribution in [0.4, 0.5) is 9.59 Å². The third kappa shape index (κ3) is 6.47. The Hall–Kier alpha value is -1.62. The summed E-state index contributed by atoms with van der Waals surface area (Å²) in [5, 5.41) is 12.8. The van der Waals surface area contributed by atoms with Crippen LogP contribution >= 0.6 is 0 Å². The molecule has 0 bridgehead atoms. The van der Waals surface area contributed by atoms with Crippen LogP contribution in [0.2, 0.25) is 0 Å². The number of piperazine rings is 1. The molecule has 8 fully saturated rings. The van der Waals surface area contributed by atoms with Gasteiger partial charge in [0.25, 0.3) is 0 Å². The highest BCUT2D eigenvalue weighted by molar-refractivity contribution is 5.68. The number of likely N-dealkylation sites (tertiary alicyclic amines) is 2.